The van der Waals surface area contributed by atoms with Crippen LogP contribution < -0.4 is 5.56 Å². The minimum atomic E-state index is -0.154. The van der Waals surface area contributed by atoms with E-state index in [1.807, 2.05) is 0 Å². The Morgan fingerprint density at radius 3 is 2.85 bits per heavy atom. The Hall–Kier alpha value is -1.28. The van der Waals surface area contributed by atoms with E-state index in [2.05, 4.69) is 34.0 Å². The standard InChI is InChI=1S/C12H16N4O2S2/c1-7(2)5-20-12-16-15-10(18-12)6-19-11-13-8(3)4-9(17)14-11/h4,7H,5-6H2,1-3H3,(H,13,14,17). The van der Waals surface area contributed by atoms with Gasteiger partial charge in [-0.3, -0.25) is 4.79 Å². The maximum Gasteiger partial charge on any atom is 0.276 e. The lowest BCUT2D eigenvalue weighted by Crippen LogP contribution is -2.08. The van der Waals surface area contributed by atoms with Gasteiger partial charge in [-0.2, -0.15) is 0 Å². The number of aryl methyl sites for hydroxylation is 1. The molecule has 0 atom stereocenters. The normalized spacial score (nSPS) is 11.2. The van der Waals surface area contributed by atoms with Gasteiger partial charge in [0.15, 0.2) is 5.16 Å². The molecule has 6 nitrogen and oxygen atoms in total. The molecular formula is C12H16N4O2S2. The highest BCUT2D eigenvalue weighted by atomic mass is 32.2. The van der Waals surface area contributed by atoms with Gasteiger partial charge >= 0.3 is 0 Å². The van der Waals surface area contributed by atoms with Crippen molar-refractivity contribution in [3.8, 4) is 0 Å². The number of nitrogens with one attached hydrogen (secondary N) is 1. The zero-order chi connectivity index (χ0) is 14.5. The van der Waals surface area contributed by atoms with E-state index in [1.54, 1.807) is 18.7 Å². The lowest BCUT2D eigenvalue weighted by molar-refractivity contribution is 0.426. The summed E-state index contributed by atoms with van der Waals surface area (Å²) in [5.41, 5.74) is 0.536. The van der Waals surface area contributed by atoms with Crippen molar-refractivity contribution in [3.05, 3.63) is 28.0 Å². The van der Waals surface area contributed by atoms with Gasteiger partial charge in [0.05, 0.1) is 5.75 Å². The Morgan fingerprint density at radius 1 is 1.35 bits per heavy atom. The van der Waals surface area contributed by atoms with Crippen molar-refractivity contribution >= 4 is 23.5 Å². The third-order valence-corrected chi connectivity index (χ3v) is 4.27. The molecule has 0 aliphatic rings. The number of H-pyrrole nitrogens is 1. The zero-order valence-corrected chi connectivity index (χ0v) is 13.2. The van der Waals surface area contributed by atoms with Gasteiger partial charge < -0.3 is 9.40 Å². The van der Waals surface area contributed by atoms with Crippen LogP contribution in [0.4, 0.5) is 0 Å². The monoisotopic (exact) mass is 312 g/mol. The van der Waals surface area contributed by atoms with Gasteiger partial charge in [-0.25, -0.2) is 4.98 Å². The van der Waals surface area contributed by atoms with Crippen LogP contribution in [0, 0.1) is 12.8 Å². The molecular weight excluding hydrogens is 296 g/mol. The molecule has 0 fully saturated rings. The number of thioether (sulfide) groups is 2. The molecule has 0 bridgehead atoms. The Labute approximate surface area is 125 Å². The van der Waals surface area contributed by atoms with E-state index in [4.69, 9.17) is 4.42 Å². The summed E-state index contributed by atoms with van der Waals surface area (Å²) >= 11 is 2.92. The third kappa shape index (κ3) is 4.68. The van der Waals surface area contributed by atoms with Crippen LogP contribution in [0.3, 0.4) is 0 Å². The minimum absolute atomic E-state index is 0.154. The molecule has 0 aromatic carbocycles. The molecule has 0 aliphatic carbocycles. The van der Waals surface area contributed by atoms with Crippen LogP contribution in [0.1, 0.15) is 25.4 Å². The van der Waals surface area contributed by atoms with Crippen LogP contribution in [0.15, 0.2) is 25.7 Å². The first-order valence-corrected chi connectivity index (χ1v) is 8.16. The van der Waals surface area contributed by atoms with Crippen LogP contribution in [-0.4, -0.2) is 25.9 Å². The Balaban J connectivity index is 1.92. The van der Waals surface area contributed by atoms with Gasteiger partial charge in [0.1, 0.15) is 0 Å². The first kappa shape index (κ1) is 15.1. The van der Waals surface area contributed by atoms with E-state index in [-0.39, 0.29) is 5.56 Å². The van der Waals surface area contributed by atoms with Crippen molar-refractivity contribution in [3.63, 3.8) is 0 Å². The van der Waals surface area contributed by atoms with Crippen LogP contribution >= 0.6 is 23.5 Å². The highest BCUT2D eigenvalue weighted by Crippen LogP contribution is 2.22. The smallest absolute Gasteiger partial charge is 0.276 e. The highest BCUT2D eigenvalue weighted by Gasteiger charge is 2.09. The van der Waals surface area contributed by atoms with E-state index in [0.717, 1.165) is 5.75 Å². The number of hydrogen-bond donors (Lipinski definition) is 1. The molecule has 0 spiro atoms. The molecule has 0 saturated carbocycles. The summed E-state index contributed by atoms with van der Waals surface area (Å²) in [5, 5.41) is 9.10. The SMILES string of the molecule is Cc1cc(=O)[nH]c(SCc2nnc(SCC(C)C)o2)n1. The van der Waals surface area contributed by atoms with Crippen LogP contribution in [0.2, 0.25) is 0 Å². The first-order chi connectivity index (χ1) is 9.52. The summed E-state index contributed by atoms with van der Waals surface area (Å²) in [7, 11) is 0. The molecule has 0 unspecified atom stereocenters. The van der Waals surface area contributed by atoms with E-state index >= 15 is 0 Å². The average molecular weight is 312 g/mol. The van der Waals surface area contributed by atoms with Gasteiger partial charge in [-0.05, 0) is 12.8 Å². The molecule has 0 aliphatic heterocycles. The Bertz CT molecular complexity index is 624. The quantitative estimate of drug-likeness (QED) is 0.648. The van der Waals surface area contributed by atoms with Crippen LogP contribution in [0.5, 0.6) is 0 Å². The van der Waals surface area contributed by atoms with Gasteiger partial charge in [0.2, 0.25) is 5.89 Å². The molecule has 2 rings (SSSR count). The summed E-state index contributed by atoms with van der Waals surface area (Å²) in [6, 6.07) is 1.46. The molecule has 20 heavy (non-hydrogen) atoms. The predicted molar refractivity (Wildman–Crippen MR) is 79.0 cm³/mol. The van der Waals surface area contributed by atoms with E-state index in [1.165, 1.54) is 17.8 Å². The molecule has 2 aromatic rings. The summed E-state index contributed by atoms with van der Waals surface area (Å²) in [5.74, 6) is 2.54. The van der Waals surface area contributed by atoms with Crippen molar-refractivity contribution in [2.24, 2.45) is 5.92 Å². The van der Waals surface area contributed by atoms with Gasteiger partial charge in [-0.15, -0.1) is 10.2 Å². The second-order valence-electron chi connectivity index (χ2n) is 4.65. The minimum Gasteiger partial charge on any atom is -0.415 e. The topological polar surface area (TPSA) is 84.7 Å². The molecule has 0 saturated heterocycles. The summed E-state index contributed by atoms with van der Waals surface area (Å²) in [6.07, 6.45) is 0. The molecule has 108 valence electrons. The van der Waals surface area contributed by atoms with Crippen molar-refractivity contribution in [2.75, 3.05) is 5.75 Å². The largest absolute Gasteiger partial charge is 0.415 e. The summed E-state index contributed by atoms with van der Waals surface area (Å²) in [4.78, 5) is 18.2. The van der Waals surface area contributed by atoms with E-state index in [0.29, 0.717) is 33.6 Å². The van der Waals surface area contributed by atoms with Crippen LogP contribution in [0.25, 0.3) is 0 Å². The van der Waals surface area contributed by atoms with Crippen molar-refractivity contribution in [1.82, 2.24) is 20.2 Å². The summed E-state index contributed by atoms with van der Waals surface area (Å²) in [6.45, 7) is 6.06. The van der Waals surface area contributed by atoms with Gasteiger partial charge in [-0.1, -0.05) is 37.4 Å². The first-order valence-electron chi connectivity index (χ1n) is 6.19. The molecule has 8 heteroatoms. The van der Waals surface area contributed by atoms with Crippen molar-refractivity contribution in [2.45, 2.75) is 36.9 Å². The molecule has 0 amide bonds. The lowest BCUT2D eigenvalue weighted by Gasteiger charge is -1.99. The number of hydrogen-bond acceptors (Lipinski definition) is 7. The molecule has 0 radical (unpaired) electrons. The number of aromatic amines is 1. The van der Waals surface area contributed by atoms with Crippen LogP contribution in [-0.2, 0) is 5.75 Å². The van der Waals surface area contributed by atoms with Crippen molar-refractivity contribution in [1.29, 1.82) is 0 Å². The Kier molecular flexibility index (Phi) is 5.24. The molecule has 2 heterocycles. The van der Waals surface area contributed by atoms with Gasteiger partial charge in [0, 0.05) is 17.5 Å². The fourth-order valence-corrected chi connectivity index (χ4v) is 2.83. The molecule has 2 aromatic heterocycles. The summed E-state index contributed by atoms with van der Waals surface area (Å²) < 4.78 is 5.52. The maximum absolute atomic E-state index is 11.3. The average Bonchev–Trinajstić information content (AvgIpc) is 2.81. The van der Waals surface area contributed by atoms with Crippen molar-refractivity contribution < 1.29 is 4.42 Å². The van der Waals surface area contributed by atoms with E-state index in [9.17, 15) is 4.79 Å². The lowest BCUT2D eigenvalue weighted by atomic mass is 10.3. The number of rotatable bonds is 6. The second-order valence-corrected chi connectivity index (χ2v) is 6.58. The third-order valence-electron chi connectivity index (χ3n) is 2.17. The number of aromatic nitrogens is 4. The zero-order valence-electron chi connectivity index (χ0n) is 11.5. The predicted octanol–water partition coefficient (Wildman–Crippen LogP) is 2.50. The fraction of sp³-hybridized carbons (Fsp3) is 0.500. The number of nitrogens with zero attached hydrogens (tertiary/aromatic N) is 3. The highest BCUT2D eigenvalue weighted by molar-refractivity contribution is 7.99. The fourth-order valence-electron chi connectivity index (χ4n) is 1.34. The molecule has 1 N–H and O–H groups in total. The maximum atomic E-state index is 11.3. The second kappa shape index (κ2) is 6.94. The van der Waals surface area contributed by atoms with E-state index < -0.39 is 0 Å². The van der Waals surface area contributed by atoms with Gasteiger partial charge in [0.25, 0.3) is 10.8 Å². The Morgan fingerprint density at radius 2 is 2.15 bits per heavy atom.